The fourth-order valence-electron chi connectivity index (χ4n) is 1.77. The molecule has 2 rings (SSSR count). The zero-order chi connectivity index (χ0) is 15.6. The van der Waals surface area contributed by atoms with Crippen molar-refractivity contribution in [1.29, 1.82) is 0 Å². The van der Waals surface area contributed by atoms with Crippen LogP contribution in [0.25, 0.3) is 0 Å². The Morgan fingerprint density at radius 3 is 2.43 bits per heavy atom. The summed E-state index contributed by atoms with van der Waals surface area (Å²) in [5, 5.41) is 8.66. The Morgan fingerprint density at radius 2 is 1.86 bits per heavy atom. The van der Waals surface area contributed by atoms with Gasteiger partial charge in [0.1, 0.15) is 5.82 Å². The number of carbonyl (C=O) groups is 1. The van der Waals surface area contributed by atoms with Gasteiger partial charge in [0, 0.05) is 5.56 Å². The average Bonchev–Trinajstić information content (AvgIpc) is 2.40. The van der Waals surface area contributed by atoms with E-state index >= 15 is 0 Å². The summed E-state index contributed by atoms with van der Waals surface area (Å²) >= 11 is 5.75. The molecule has 0 saturated heterocycles. The van der Waals surface area contributed by atoms with Crippen LogP contribution in [0.1, 0.15) is 15.9 Å². The number of hydrogen-bond acceptors (Lipinski definition) is 3. The summed E-state index contributed by atoms with van der Waals surface area (Å²) in [6.07, 6.45) is 0. The lowest BCUT2D eigenvalue weighted by molar-refractivity contribution is 0.0697. The van der Waals surface area contributed by atoms with E-state index in [-0.39, 0.29) is 21.0 Å². The second-order valence-corrected chi connectivity index (χ2v) is 6.69. The molecule has 0 heterocycles. The number of aromatic carboxylic acids is 1. The maximum atomic E-state index is 13.5. The van der Waals surface area contributed by atoms with E-state index in [0.29, 0.717) is 0 Å². The second-order valence-electron chi connectivity index (χ2n) is 4.30. The number of rotatable bonds is 4. The smallest absolute Gasteiger partial charge is 0.337 e. The number of benzene rings is 2. The molecule has 2 aromatic carbocycles. The molecular weight excluding hydrogens is 319 g/mol. The minimum atomic E-state index is -3.82. The molecule has 0 atom stereocenters. The quantitative estimate of drug-likeness (QED) is 0.935. The third-order valence-electron chi connectivity index (χ3n) is 2.83. The molecule has 0 aliphatic rings. The standard InChI is InChI=1S/C14H10ClFO4S/c15-12-7-10(5-6-11(12)14(17)18)21(19,20)8-9-3-1-2-4-13(9)16/h1-7H,8H2,(H,17,18). The zero-order valence-corrected chi connectivity index (χ0v) is 12.2. The monoisotopic (exact) mass is 328 g/mol. The summed E-state index contributed by atoms with van der Waals surface area (Å²) in [5.41, 5.74) is -0.155. The molecule has 0 aromatic heterocycles. The summed E-state index contributed by atoms with van der Waals surface area (Å²) in [6.45, 7) is 0. The van der Waals surface area contributed by atoms with Gasteiger partial charge in [-0.25, -0.2) is 17.6 Å². The SMILES string of the molecule is O=C(O)c1ccc(S(=O)(=O)Cc2ccccc2F)cc1Cl. The predicted octanol–water partition coefficient (Wildman–Crippen LogP) is 3.15. The van der Waals surface area contributed by atoms with Crippen LogP contribution < -0.4 is 0 Å². The Kier molecular flexibility index (Phi) is 4.29. The van der Waals surface area contributed by atoms with Crippen molar-refractivity contribution < 1.29 is 22.7 Å². The molecule has 2 aromatic rings. The van der Waals surface area contributed by atoms with Crippen molar-refractivity contribution in [2.24, 2.45) is 0 Å². The first-order chi connectivity index (χ1) is 9.81. The Hall–Kier alpha value is -1.92. The molecular formula is C14H10ClFO4S. The summed E-state index contributed by atoms with van der Waals surface area (Å²) in [6, 6.07) is 8.86. The van der Waals surface area contributed by atoms with Gasteiger partial charge in [-0.2, -0.15) is 0 Å². The molecule has 0 unspecified atom stereocenters. The van der Waals surface area contributed by atoms with Crippen molar-refractivity contribution in [2.45, 2.75) is 10.6 Å². The Labute approximate surface area is 125 Å². The van der Waals surface area contributed by atoms with Crippen molar-refractivity contribution in [1.82, 2.24) is 0 Å². The van der Waals surface area contributed by atoms with Crippen molar-refractivity contribution in [3.8, 4) is 0 Å². The van der Waals surface area contributed by atoms with Crippen LogP contribution in [0.3, 0.4) is 0 Å². The lowest BCUT2D eigenvalue weighted by Crippen LogP contribution is -2.07. The lowest BCUT2D eigenvalue weighted by atomic mass is 10.2. The van der Waals surface area contributed by atoms with Gasteiger partial charge in [0.05, 0.1) is 21.2 Å². The van der Waals surface area contributed by atoms with Gasteiger partial charge in [0.15, 0.2) is 9.84 Å². The van der Waals surface area contributed by atoms with Crippen LogP contribution in [0.5, 0.6) is 0 Å². The van der Waals surface area contributed by atoms with Crippen molar-refractivity contribution in [3.05, 3.63) is 64.4 Å². The molecule has 0 bridgehead atoms. The molecule has 0 aliphatic carbocycles. The predicted molar refractivity (Wildman–Crippen MR) is 75.7 cm³/mol. The van der Waals surface area contributed by atoms with E-state index in [2.05, 4.69) is 0 Å². The van der Waals surface area contributed by atoms with Gasteiger partial charge in [0.25, 0.3) is 0 Å². The summed E-state index contributed by atoms with van der Waals surface area (Å²) < 4.78 is 37.9. The van der Waals surface area contributed by atoms with E-state index in [4.69, 9.17) is 16.7 Å². The Bertz CT molecular complexity index is 802. The number of carboxylic acids is 1. The van der Waals surface area contributed by atoms with Crippen molar-refractivity contribution in [2.75, 3.05) is 0 Å². The van der Waals surface area contributed by atoms with Crippen LogP contribution in [0.2, 0.25) is 5.02 Å². The molecule has 4 nitrogen and oxygen atoms in total. The summed E-state index contributed by atoms with van der Waals surface area (Å²) in [5.74, 6) is -2.39. The molecule has 21 heavy (non-hydrogen) atoms. The number of halogens is 2. The first-order valence-electron chi connectivity index (χ1n) is 5.80. The molecule has 0 fully saturated rings. The minimum Gasteiger partial charge on any atom is -0.478 e. The fourth-order valence-corrected chi connectivity index (χ4v) is 3.48. The zero-order valence-electron chi connectivity index (χ0n) is 10.6. The van der Waals surface area contributed by atoms with Gasteiger partial charge in [-0.05, 0) is 24.3 Å². The van der Waals surface area contributed by atoms with E-state index < -0.39 is 27.4 Å². The fraction of sp³-hybridized carbons (Fsp3) is 0.0714. The van der Waals surface area contributed by atoms with Gasteiger partial charge in [-0.1, -0.05) is 29.8 Å². The highest BCUT2D eigenvalue weighted by molar-refractivity contribution is 7.90. The largest absolute Gasteiger partial charge is 0.478 e. The molecule has 110 valence electrons. The van der Waals surface area contributed by atoms with Crippen molar-refractivity contribution >= 4 is 27.4 Å². The highest BCUT2D eigenvalue weighted by atomic mass is 35.5. The highest BCUT2D eigenvalue weighted by Crippen LogP contribution is 2.24. The van der Waals surface area contributed by atoms with Crippen LogP contribution in [0.15, 0.2) is 47.4 Å². The molecule has 0 aliphatic heterocycles. The van der Waals surface area contributed by atoms with Gasteiger partial charge in [-0.3, -0.25) is 0 Å². The van der Waals surface area contributed by atoms with Gasteiger partial charge in [-0.15, -0.1) is 0 Å². The van der Waals surface area contributed by atoms with Crippen LogP contribution in [0, 0.1) is 5.82 Å². The third kappa shape index (κ3) is 3.40. The molecule has 0 spiro atoms. The first-order valence-corrected chi connectivity index (χ1v) is 7.83. The third-order valence-corrected chi connectivity index (χ3v) is 4.81. The normalized spacial score (nSPS) is 11.3. The van der Waals surface area contributed by atoms with Crippen LogP contribution >= 0.6 is 11.6 Å². The van der Waals surface area contributed by atoms with E-state index in [1.807, 2.05) is 0 Å². The molecule has 0 amide bonds. The van der Waals surface area contributed by atoms with E-state index in [1.165, 1.54) is 24.3 Å². The topological polar surface area (TPSA) is 71.4 Å². The van der Waals surface area contributed by atoms with Gasteiger partial charge >= 0.3 is 5.97 Å². The highest BCUT2D eigenvalue weighted by Gasteiger charge is 2.20. The van der Waals surface area contributed by atoms with Gasteiger partial charge < -0.3 is 5.11 Å². The second kappa shape index (κ2) is 5.83. The van der Waals surface area contributed by atoms with Crippen LogP contribution in [0.4, 0.5) is 4.39 Å². The number of sulfone groups is 1. The lowest BCUT2D eigenvalue weighted by Gasteiger charge is -2.07. The first kappa shape index (κ1) is 15.5. The van der Waals surface area contributed by atoms with E-state index in [0.717, 1.165) is 18.2 Å². The van der Waals surface area contributed by atoms with Gasteiger partial charge in [0.2, 0.25) is 0 Å². The maximum absolute atomic E-state index is 13.5. The Morgan fingerprint density at radius 1 is 1.19 bits per heavy atom. The minimum absolute atomic E-state index is 0.0379. The maximum Gasteiger partial charge on any atom is 0.337 e. The number of hydrogen-bond donors (Lipinski definition) is 1. The van der Waals surface area contributed by atoms with Crippen LogP contribution in [-0.4, -0.2) is 19.5 Å². The average molecular weight is 329 g/mol. The molecule has 0 radical (unpaired) electrons. The molecule has 7 heteroatoms. The molecule has 0 saturated carbocycles. The number of carboxylic acid groups (broad SMARTS) is 1. The van der Waals surface area contributed by atoms with Crippen LogP contribution in [-0.2, 0) is 15.6 Å². The molecule has 1 N–H and O–H groups in total. The Balaban J connectivity index is 2.39. The summed E-state index contributed by atoms with van der Waals surface area (Å²) in [7, 11) is -3.82. The van der Waals surface area contributed by atoms with Crippen molar-refractivity contribution in [3.63, 3.8) is 0 Å². The van der Waals surface area contributed by atoms with E-state index in [9.17, 15) is 17.6 Å². The van der Waals surface area contributed by atoms with E-state index in [1.54, 1.807) is 0 Å². The summed E-state index contributed by atoms with van der Waals surface area (Å²) in [4.78, 5) is 10.7.